The normalized spacial score (nSPS) is 16.7. The number of carbonyl (C=O) groups is 1. The van der Waals surface area contributed by atoms with Crippen LogP contribution in [-0.4, -0.2) is 57.1 Å². The van der Waals surface area contributed by atoms with Gasteiger partial charge >= 0.3 is 0 Å². The van der Waals surface area contributed by atoms with Gasteiger partial charge in [0.25, 0.3) is 0 Å². The fourth-order valence-electron chi connectivity index (χ4n) is 3.32. The maximum Gasteiger partial charge on any atom is 0.238 e. The highest BCUT2D eigenvalue weighted by atomic mass is 79.9. The lowest BCUT2D eigenvalue weighted by molar-refractivity contribution is -0.116. The van der Waals surface area contributed by atoms with Gasteiger partial charge in [-0.2, -0.15) is 10.1 Å². The third-order valence-electron chi connectivity index (χ3n) is 4.65. The van der Waals surface area contributed by atoms with Gasteiger partial charge in [0.2, 0.25) is 11.9 Å². The average molecular weight is 461 g/mol. The van der Waals surface area contributed by atoms with E-state index >= 15 is 0 Å². The van der Waals surface area contributed by atoms with Crippen molar-refractivity contribution in [2.45, 2.75) is 25.5 Å². The molecule has 0 radical (unpaired) electrons. The highest BCUT2D eigenvalue weighted by Crippen LogP contribution is 2.40. The van der Waals surface area contributed by atoms with Gasteiger partial charge in [0.1, 0.15) is 5.92 Å². The predicted molar refractivity (Wildman–Crippen MR) is 112 cm³/mol. The van der Waals surface area contributed by atoms with E-state index in [2.05, 4.69) is 41.6 Å². The Hall–Kier alpha value is -2.56. The van der Waals surface area contributed by atoms with Crippen molar-refractivity contribution in [1.29, 1.82) is 0 Å². The number of carbonyl (C=O) groups excluding carboxylic acids is 1. The fourth-order valence-corrected chi connectivity index (χ4v) is 3.69. The van der Waals surface area contributed by atoms with Crippen LogP contribution >= 0.6 is 15.9 Å². The number of aromatic nitrogens is 4. The molecule has 2 unspecified atom stereocenters. The molecule has 1 aliphatic heterocycles. The van der Waals surface area contributed by atoms with Gasteiger partial charge in [-0.15, -0.1) is 0 Å². The van der Waals surface area contributed by atoms with E-state index in [0.717, 1.165) is 15.7 Å². The third-order valence-corrected chi connectivity index (χ3v) is 5.15. The van der Waals surface area contributed by atoms with E-state index < -0.39 is 12.0 Å². The van der Waals surface area contributed by atoms with Crippen molar-refractivity contribution < 1.29 is 14.6 Å². The molecule has 2 atom stereocenters. The van der Waals surface area contributed by atoms with Crippen molar-refractivity contribution in [3.63, 3.8) is 0 Å². The molecule has 29 heavy (non-hydrogen) atoms. The number of hydrogen-bond acceptors (Lipinski definition) is 7. The van der Waals surface area contributed by atoms with E-state index in [4.69, 9.17) is 4.74 Å². The summed E-state index contributed by atoms with van der Waals surface area (Å²) in [5.74, 6) is -0.411. The average Bonchev–Trinajstić information content (AvgIpc) is 3.23. The predicted octanol–water partition coefficient (Wildman–Crippen LogP) is 2.11. The number of nitrogens with one attached hydrogen (secondary N) is 2. The monoisotopic (exact) mass is 460 g/mol. The van der Waals surface area contributed by atoms with Crippen molar-refractivity contribution in [2.24, 2.45) is 0 Å². The van der Waals surface area contributed by atoms with Crippen LogP contribution in [0.1, 0.15) is 24.1 Å². The molecule has 0 saturated carbocycles. The first kappa shape index (κ1) is 19.7. The molecule has 10 heteroatoms. The van der Waals surface area contributed by atoms with Crippen LogP contribution in [0.3, 0.4) is 0 Å². The van der Waals surface area contributed by atoms with Crippen molar-refractivity contribution >= 4 is 44.5 Å². The molecule has 9 nitrogen and oxygen atoms in total. The Kier molecular flexibility index (Phi) is 5.48. The van der Waals surface area contributed by atoms with Crippen molar-refractivity contribution in [3.05, 3.63) is 40.1 Å². The van der Waals surface area contributed by atoms with Crippen LogP contribution in [0.25, 0.3) is 11.0 Å². The lowest BCUT2D eigenvalue weighted by atomic mass is 9.95. The fraction of sp³-hybridized carbons (Fsp3) is 0.368. The highest BCUT2D eigenvalue weighted by molar-refractivity contribution is 9.10. The molecule has 0 aliphatic carbocycles. The summed E-state index contributed by atoms with van der Waals surface area (Å²) in [6.45, 7) is 3.02. The molecule has 152 valence electrons. The minimum atomic E-state index is -0.583. The molecule has 3 N–H and O–H groups in total. The minimum Gasteiger partial charge on any atom is -0.392 e. The van der Waals surface area contributed by atoms with Gasteiger partial charge < -0.3 is 20.5 Å². The van der Waals surface area contributed by atoms with Gasteiger partial charge in [-0.05, 0) is 30.7 Å². The number of benzene rings is 1. The summed E-state index contributed by atoms with van der Waals surface area (Å²) < 4.78 is 7.75. The zero-order valence-corrected chi connectivity index (χ0v) is 17.6. The highest BCUT2D eigenvalue weighted by Gasteiger charge is 2.35. The Morgan fingerprint density at radius 1 is 1.41 bits per heavy atom. The molecular formula is C19H21BrN6O3. The zero-order chi connectivity index (χ0) is 20.5. The number of nitrogens with zero attached hydrogens (tertiary/aromatic N) is 4. The number of ether oxygens (including phenoxy) is 1. The van der Waals surface area contributed by atoms with E-state index in [0.29, 0.717) is 35.8 Å². The van der Waals surface area contributed by atoms with Crippen LogP contribution in [0.15, 0.2) is 28.9 Å². The molecule has 4 rings (SSSR count). The first-order valence-electron chi connectivity index (χ1n) is 9.22. The van der Waals surface area contributed by atoms with E-state index in [9.17, 15) is 9.90 Å². The van der Waals surface area contributed by atoms with Gasteiger partial charge in [-0.25, -0.2) is 4.98 Å². The Bertz CT molecular complexity index is 1070. The second-order valence-corrected chi connectivity index (χ2v) is 7.85. The zero-order valence-electron chi connectivity index (χ0n) is 16.0. The standard InChI is InChI=1S/C19H21BrN6O3/c1-10(27)8-21-19-23-16(13-9-26(5-6-29-2)25-17(13)24-19)15-12-7-11(20)3-4-14(12)22-18(15)28/h3-4,7,9-10,15,27H,5-6,8H2,1-2H3,(H,22,28)(H,21,24,25). The Morgan fingerprint density at radius 2 is 2.24 bits per heavy atom. The van der Waals surface area contributed by atoms with Crippen LogP contribution in [0, 0.1) is 0 Å². The SMILES string of the molecule is COCCn1cc2c(C3C(=O)Nc4ccc(Br)cc43)nc(NCC(C)O)nc2n1. The third kappa shape index (κ3) is 3.96. The number of aliphatic hydroxyl groups is 1. The van der Waals surface area contributed by atoms with Gasteiger partial charge in [0.05, 0.1) is 30.3 Å². The van der Waals surface area contributed by atoms with Gasteiger partial charge in [0.15, 0.2) is 5.65 Å². The minimum absolute atomic E-state index is 0.149. The molecule has 3 heterocycles. The van der Waals surface area contributed by atoms with E-state index in [1.165, 1.54) is 0 Å². The van der Waals surface area contributed by atoms with E-state index in [1.54, 1.807) is 18.7 Å². The number of amides is 1. The van der Waals surface area contributed by atoms with Crippen LogP contribution in [0.2, 0.25) is 0 Å². The van der Waals surface area contributed by atoms with Crippen LogP contribution in [-0.2, 0) is 16.1 Å². The molecule has 0 saturated heterocycles. The smallest absolute Gasteiger partial charge is 0.238 e. The molecule has 0 bridgehead atoms. The Labute approximate surface area is 175 Å². The molecule has 1 aliphatic rings. The van der Waals surface area contributed by atoms with Gasteiger partial charge in [0, 0.05) is 30.0 Å². The lowest BCUT2D eigenvalue weighted by Gasteiger charge is -2.12. The van der Waals surface area contributed by atoms with Crippen molar-refractivity contribution in [2.75, 3.05) is 30.9 Å². The van der Waals surface area contributed by atoms with Gasteiger partial charge in [-0.1, -0.05) is 15.9 Å². The summed E-state index contributed by atoms with van der Waals surface area (Å²) in [7, 11) is 1.63. The summed E-state index contributed by atoms with van der Waals surface area (Å²) in [5.41, 5.74) is 2.66. The number of halogens is 1. The number of methoxy groups -OCH3 is 1. The number of fused-ring (bicyclic) bond motifs is 2. The molecular weight excluding hydrogens is 440 g/mol. The first-order valence-corrected chi connectivity index (χ1v) is 10.0. The molecule has 2 aromatic heterocycles. The number of anilines is 2. The second-order valence-electron chi connectivity index (χ2n) is 6.94. The largest absolute Gasteiger partial charge is 0.392 e. The maximum absolute atomic E-state index is 12.8. The van der Waals surface area contributed by atoms with Crippen molar-refractivity contribution in [3.8, 4) is 0 Å². The topological polar surface area (TPSA) is 114 Å². The Balaban J connectivity index is 1.84. The summed E-state index contributed by atoms with van der Waals surface area (Å²) >= 11 is 3.48. The van der Waals surface area contributed by atoms with Crippen molar-refractivity contribution in [1.82, 2.24) is 19.7 Å². The number of hydrogen-bond donors (Lipinski definition) is 3. The summed E-state index contributed by atoms with van der Waals surface area (Å²) in [6, 6.07) is 5.67. The van der Waals surface area contributed by atoms with E-state index in [-0.39, 0.29) is 12.5 Å². The second kappa shape index (κ2) is 8.05. The summed E-state index contributed by atoms with van der Waals surface area (Å²) in [6.07, 6.45) is 1.27. The van der Waals surface area contributed by atoms with Gasteiger partial charge in [-0.3, -0.25) is 9.48 Å². The van der Waals surface area contributed by atoms with Crippen LogP contribution in [0.4, 0.5) is 11.6 Å². The van der Waals surface area contributed by atoms with Crippen LogP contribution in [0.5, 0.6) is 0 Å². The molecule has 0 spiro atoms. The molecule has 3 aromatic rings. The lowest BCUT2D eigenvalue weighted by Crippen LogP contribution is -2.19. The quantitative estimate of drug-likeness (QED) is 0.494. The number of rotatable bonds is 7. The maximum atomic E-state index is 12.8. The molecule has 1 aromatic carbocycles. The van der Waals surface area contributed by atoms with Crippen LogP contribution < -0.4 is 10.6 Å². The molecule has 0 fully saturated rings. The number of aliphatic hydroxyl groups excluding tert-OH is 1. The Morgan fingerprint density at radius 3 is 3.00 bits per heavy atom. The summed E-state index contributed by atoms with van der Waals surface area (Å²) in [4.78, 5) is 21.9. The summed E-state index contributed by atoms with van der Waals surface area (Å²) in [5, 5.41) is 20.7. The van der Waals surface area contributed by atoms with E-state index in [1.807, 2.05) is 24.4 Å². The molecule has 1 amide bonds. The first-order chi connectivity index (χ1) is 14.0.